The summed E-state index contributed by atoms with van der Waals surface area (Å²) in [5.74, 6) is -1.70. The molecule has 5 nitrogen and oxygen atoms in total. The maximum Gasteiger partial charge on any atom is 0.254 e. The second-order valence-corrected chi connectivity index (χ2v) is 6.70. The van der Waals surface area contributed by atoms with E-state index >= 15 is 0 Å². The van der Waals surface area contributed by atoms with E-state index in [1.54, 1.807) is 6.07 Å². The van der Waals surface area contributed by atoms with Crippen molar-refractivity contribution in [1.29, 1.82) is 0 Å². The smallest absolute Gasteiger partial charge is 0.254 e. The number of halogens is 1. The highest BCUT2D eigenvalue weighted by Crippen LogP contribution is 2.30. The fraction of sp³-hybridized carbons (Fsp3) is 0.105. The van der Waals surface area contributed by atoms with Gasteiger partial charge in [0, 0.05) is 10.4 Å². The van der Waals surface area contributed by atoms with E-state index in [1.165, 1.54) is 29.5 Å². The Hall–Kier alpha value is -3.06. The summed E-state index contributed by atoms with van der Waals surface area (Å²) in [4.78, 5) is 29.4. The van der Waals surface area contributed by atoms with Gasteiger partial charge in [-0.05, 0) is 19.1 Å². The number of anilines is 1. The number of aromatic nitrogens is 1. The molecular formula is C19H16FN3O2S. The van der Waals surface area contributed by atoms with Crippen molar-refractivity contribution in [2.75, 3.05) is 11.9 Å². The number of carbonyl (C=O) groups excluding carboxylic acids is 2. The van der Waals surface area contributed by atoms with Gasteiger partial charge in [0.1, 0.15) is 5.82 Å². The number of rotatable bonds is 5. The normalized spacial score (nSPS) is 10.4. The molecule has 0 aliphatic rings. The number of carbonyl (C=O) groups is 2. The molecule has 0 fully saturated rings. The van der Waals surface area contributed by atoms with Crippen LogP contribution >= 0.6 is 11.3 Å². The Morgan fingerprint density at radius 1 is 1.08 bits per heavy atom. The lowest BCUT2D eigenvalue weighted by molar-refractivity contribution is -0.115. The van der Waals surface area contributed by atoms with Gasteiger partial charge < -0.3 is 10.6 Å². The molecule has 0 aliphatic heterocycles. The highest BCUT2D eigenvalue weighted by Gasteiger charge is 2.14. The molecule has 0 saturated carbocycles. The summed E-state index contributed by atoms with van der Waals surface area (Å²) >= 11 is 1.35. The standard InChI is InChI=1S/C19H16FN3O2S/c1-12-17(13-7-3-2-4-8-13)23-19(26-12)22-16(24)11-21-18(25)14-9-5-6-10-15(14)20/h2-10H,11H2,1H3,(H,21,25)(H,22,23,24). The highest BCUT2D eigenvalue weighted by atomic mass is 32.1. The third kappa shape index (κ3) is 4.12. The molecular weight excluding hydrogens is 353 g/mol. The minimum atomic E-state index is -0.640. The van der Waals surface area contributed by atoms with E-state index in [9.17, 15) is 14.0 Å². The van der Waals surface area contributed by atoms with Gasteiger partial charge in [0.25, 0.3) is 5.91 Å². The predicted molar refractivity (Wildman–Crippen MR) is 99.6 cm³/mol. The van der Waals surface area contributed by atoms with E-state index in [0.29, 0.717) is 5.13 Å². The van der Waals surface area contributed by atoms with E-state index in [4.69, 9.17) is 0 Å². The number of benzene rings is 2. The molecule has 0 atom stereocenters. The first-order valence-electron chi connectivity index (χ1n) is 7.90. The van der Waals surface area contributed by atoms with Gasteiger partial charge in [-0.1, -0.05) is 42.5 Å². The Kier molecular flexibility index (Phi) is 5.38. The van der Waals surface area contributed by atoms with E-state index < -0.39 is 17.6 Å². The van der Waals surface area contributed by atoms with Gasteiger partial charge in [0.15, 0.2) is 5.13 Å². The SMILES string of the molecule is Cc1sc(NC(=O)CNC(=O)c2ccccc2F)nc1-c1ccccc1. The Balaban J connectivity index is 1.61. The molecule has 0 unspecified atom stereocenters. The van der Waals surface area contributed by atoms with Crippen LogP contribution in [0, 0.1) is 12.7 Å². The predicted octanol–water partition coefficient (Wildman–Crippen LogP) is 3.63. The largest absolute Gasteiger partial charge is 0.343 e. The molecule has 1 heterocycles. The van der Waals surface area contributed by atoms with Gasteiger partial charge in [-0.2, -0.15) is 0 Å². The van der Waals surface area contributed by atoms with Crippen LogP contribution in [-0.2, 0) is 4.79 Å². The Morgan fingerprint density at radius 2 is 1.77 bits per heavy atom. The van der Waals surface area contributed by atoms with Crippen molar-refractivity contribution >= 4 is 28.3 Å². The van der Waals surface area contributed by atoms with E-state index in [0.717, 1.165) is 16.1 Å². The molecule has 0 aliphatic carbocycles. The van der Waals surface area contributed by atoms with E-state index in [-0.39, 0.29) is 12.1 Å². The second kappa shape index (κ2) is 7.88. The maximum absolute atomic E-state index is 13.5. The number of hydrogen-bond donors (Lipinski definition) is 2. The number of amides is 2. The quantitative estimate of drug-likeness (QED) is 0.721. The molecule has 7 heteroatoms. The van der Waals surface area contributed by atoms with Gasteiger partial charge in [0.05, 0.1) is 17.8 Å². The lowest BCUT2D eigenvalue weighted by Crippen LogP contribution is -2.33. The minimum Gasteiger partial charge on any atom is -0.343 e. The average molecular weight is 369 g/mol. The third-order valence-electron chi connectivity index (χ3n) is 3.62. The molecule has 26 heavy (non-hydrogen) atoms. The van der Waals surface area contributed by atoms with Crippen molar-refractivity contribution in [2.45, 2.75) is 6.92 Å². The maximum atomic E-state index is 13.5. The van der Waals surface area contributed by atoms with Crippen molar-refractivity contribution in [3.63, 3.8) is 0 Å². The minimum absolute atomic E-state index is 0.100. The Morgan fingerprint density at radius 3 is 2.50 bits per heavy atom. The first-order chi connectivity index (χ1) is 12.5. The second-order valence-electron chi connectivity index (χ2n) is 5.50. The van der Waals surface area contributed by atoms with Gasteiger partial charge in [-0.3, -0.25) is 9.59 Å². The van der Waals surface area contributed by atoms with Crippen molar-refractivity contribution < 1.29 is 14.0 Å². The van der Waals surface area contributed by atoms with Crippen LogP contribution in [-0.4, -0.2) is 23.3 Å². The first kappa shape index (κ1) is 17.8. The fourth-order valence-electron chi connectivity index (χ4n) is 2.38. The summed E-state index contributed by atoms with van der Waals surface area (Å²) in [6, 6.07) is 15.3. The van der Waals surface area contributed by atoms with Crippen molar-refractivity contribution in [2.24, 2.45) is 0 Å². The molecule has 2 N–H and O–H groups in total. The molecule has 1 aromatic heterocycles. The zero-order chi connectivity index (χ0) is 18.5. The van der Waals surface area contributed by atoms with Crippen LogP contribution in [0.4, 0.5) is 9.52 Å². The summed E-state index contributed by atoms with van der Waals surface area (Å²) in [5.41, 5.74) is 1.67. The number of aryl methyl sites for hydroxylation is 1. The van der Waals surface area contributed by atoms with Crippen LogP contribution in [0.25, 0.3) is 11.3 Å². The zero-order valence-electron chi connectivity index (χ0n) is 14.0. The summed E-state index contributed by atoms with van der Waals surface area (Å²) in [6.07, 6.45) is 0. The van der Waals surface area contributed by atoms with Crippen molar-refractivity contribution in [1.82, 2.24) is 10.3 Å². The lowest BCUT2D eigenvalue weighted by atomic mass is 10.1. The molecule has 0 saturated heterocycles. The third-order valence-corrected chi connectivity index (χ3v) is 4.50. The zero-order valence-corrected chi connectivity index (χ0v) is 14.8. The first-order valence-corrected chi connectivity index (χ1v) is 8.71. The summed E-state index contributed by atoms with van der Waals surface area (Å²) < 4.78 is 13.5. The van der Waals surface area contributed by atoms with Crippen LogP contribution in [0.1, 0.15) is 15.2 Å². The van der Waals surface area contributed by atoms with Crippen LogP contribution in [0.15, 0.2) is 54.6 Å². The summed E-state index contributed by atoms with van der Waals surface area (Å²) in [7, 11) is 0. The Bertz CT molecular complexity index is 941. The van der Waals surface area contributed by atoms with Gasteiger partial charge >= 0.3 is 0 Å². The average Bonchev–Trinajstić information content (AvgIpc) is 3.01. The Labute approximate surface area is 153 Å². The van der Waals surface area contributed by atoms with Crippen LogP contribution < -0.4 is 10.6 Å². The molecule has 3 aromatic rings. The number of hydrogen-bond acceptors (Lipinski definition) is 4. The molecule has 0 radical (unpaired) electrons. The van der Waals surface area contributed by atoms with Crippen LogP contribution in [0.3, 0.4) is 0 Å². The molecule has 2 aromatic carbocycles. The van der Waals surface area contributed by atoms with E-state index in [2.05, 4.69) is 15.6 Å². The lowest BCUT2D eigenvalue weighted by Gasteiger charge is -2.05. The monoisotopic (exact) mass is 369 g/mol. The topological polar surface area (TPSA) is 71.1 Å². The number of thiazole rings is 1. The van der Waals surface area contributed by atoms with Crippen molar-refractivity contribution in [3.8, 4) is 11.3 Å². The van der Waals surface area contributed by atoms with Gasteiger partial charge in [0.2, 0.25) is 5.91 Å². The molecule has 2 amide bonds. The van der Waals surface area contributed by atoms with E-state index in [1.807, 2.05) is 37.3 Å². The van der Waals surface area contributed by atoms with Gasteiger partial charge in [-0.15, -0.1) is 11.3 Å². The highest BCUT2D eigenvalue weighted by molar-refractivity contribution is 7.16. The molecule has 0 bridgehead atoms. The number of nitrogens with one attached hydrogen (secondary N) is 2. The van der Waals surface area contributed by atoms with Crippen LogP contribution in [0.2, 0.25) is 0 Å². The van der Waals surface area contributed by atoms with Crippen LogP contribution in [0.5, 0.6) is 0 Å². The van der Waals surface area contributed by atoms with Gasteiger partial charge in [-0.25, -0.2) is 9.37 Å². The summed E-state index contributed by atoms with van der Waals surface area (Å²) in [5, 5.41) is 5.50. The number of nitrogens with zero attached hydrogens (tertiary/aromatic N) is 1. The molecule has 132 valence electrons. The fourth-order valence-corrected chi connectivity index (χ4v) is 3.23. The molecule has 0 spiro atoms. The summed E-state index contributed by atoms with van der Waals surface area (Å²) in [6.45, 7) is 1.65. The molecule has 3 rings (SSSR count). The van der Waals surface area contributed by atoms with Crippen molar-refractivity contribution in [3.05, 3.63) is 70.9 Å².